The number of aryl methyl sites for hydroxylation is 2. The number of nitro groups is 1. The lowest BCUT2D eigenvalue weighted by atomic mass is 10.1. The van der Waals surface area contributed by atoms with Gasteiger partial charge in [-0.1, -0.05) is 24.3 Å². The number of rotatable bonds is 5. The summed E-state index contributed by atoms with van der Waals surface area (Å²) >= 11 is 1.56. The van der Waals surface area contributed by atoms with Crippen LogP contribution in [0.15, 0.2) is 48.5 Å². The Morgan fingerprint density at radius 2 is 1.85 bits per heavy atom. The Morgan fingerprint density at radius 3 is 2.50 bits per heavy atom. The molecule has 0 spiro atoms. The fourth-order valence-corrected chi connectivity index (χ4v) is 3.61. The van der Waals surface area contributed by atoms with Crippen LogP contribution < -0.4 is 5.32 Å². The molecule has 0 aliphatic carbocycles. The van der Waals surface area contributed by atoms with Crippen LogP contribution in [0.1, 0.15) is 26.5 Å². The first-order valence-corrected chi connectivity index (χ1v) is 8.82. The molecular formula is C19H17N3O3S. The number of aromatic nitrogens is 1. The second-order valence-corrected chi connectivity index (χ2v) is 6.91. The smallest absolute Gasteiger partial charge is 0.269 e. The largest absolute Gasteiger partial charge is 0.347 e. The van der Waals surface area contributed by atoms with Crippen LogP contribution in [0.5, 0.6) is 0 Å². The number of hydrogen-bond acceptors (Lipinski definition) is 5. The van der Waals surface area contributed by atoms with Crippen molar-refractivity contribution in [1.29, 1.82) is 0 Å². The third kappa shape index (κ3) is 3.78. The topological polar surface area (TPSA) is 85.1 Å². The van der Waals surface area contributed by atoms with Gasteiger partial charge in [-0.15, -0.1) is 11.3 Å². The predicted octanol–water partition coefficient (Wildman–Crippen LogP) is 4.27. The molecule has 0 aliphatic rings. The monoisotopic (exact) mass is 367 g/mol. The highest BCUT2D eigenvalue weighted by Gasteiger charge is 2.13. The third-order valence-corrected chi connectivity index (χ3v) is 5.21. The molecule has 1 amide bonds. The van der Waals surface area contributed by atoms with E-state index in [1.807, 2.05) is 38.1 Å². The van der Waals surface area contributed by atoms with Crippen LogP contribution in [-0.2, 0) is 6.54 Å². The van der Waals surface area contributed by atoms with Gasteiger partial charge in [0, 0.05) is 28.1 Å². The zero-order valence-electron chi connectivity index (χ0n) is 14.4. The van der Waals surface area contributed by atoms with Crippen molar-refractivity contribution in [2.24, 2.45) is 0 Å². The number of carbonyl (C=O) groups excluding carboxylic acids is 1. The van der Waals surface area contributed by atoms with Crippen LogP contribution in [0, 0.1) is 24.0 Å². The standard InChI is InChI=1S/C19H17N3O3S/c1-12-5-3-4-6-16(12)19-21-13(2)17(26-19)11-20-18(23)14-7-9-15(10-8-14)22(24)25/h3-10H,11H2,1-2H3,(H,20,23). The highest BCUT2D eigenvalue weighted by molar-refractivity contribution is 7.15. The summed E-state index contributed by atoms with van der Waals surface area (Å²) < 4.78 is 0. The molecule has 1 heterocycles. The van der Waals surface area contributed by atoms with Crippen molar-refractivity contribution in [2.45, 2.75) is 20.4 Å². The summed E-state index contributed by atoms with van der Waals surface area (Å²) in [7, 11) is 0. The van der Waals surface area contributed by atoms with Crippen molar-refractivity contribution in [1.82, 2.24) is 10.3 Å². The van der Waals surface area contributed by atoms with E-state index in [9.17, 15) is 14.9 Å². The van der Waals surface area contributed by atoms with E-state index >= 15 is 0 Å². The summed E-state index contributed by atoms with van der Waals surface area (Å²) in [5.41, 5.74) is 3.48. The van der Waals surface area contributed by atoms with E-state index in [1.54, 1.807) is 11.3 Å². The number of nitrogens with one attached hydrogen (secondary N) is 1. The highest BCUT2D eigenvalue weighted by atomic mass is 32.1. The number of non-ortho nitro benzene ring substituents is 1. The van der Waals surface area contributed by atoms with Crippen LogP contribution in [0.3, 0.4) is 0 Å². The van der Waals surface area contributed by atoms with E-state index in [2.05, 4.69) is 10.3 Å². The van der Waals surface area contributed by atoms with Gasteiger partial charge in [0.2, 0.25) is 0 Å². The van der Waals surface area contributed by atoms with Gasteiger partial charge in [-0.3, -0.25) is 14.9 Å². The molecule has 6 nitrogen and oxygen atoms in total. The first-order chi connectivity index (χ1) is 12.5. The summed E-state index contributed by atoms with van der Waals surface area (Å²) in [6.07, 6.45) is 0. The van der Waals surface area contributed by atoms with Crippen LogP contribution in [-0.4, -0.2) is 15.8 Å². The van der Waals surface area contributed by atoms with E-state index in [4.69, 9.17) is 0 Å². The van der Waals surface area contributed by atoms with E-state index < -0.39 is 4.92 Å². The van der Waals surface area contributed by atoms with Crippen molar-refractivity contribution < 1.29 is 9.72 Å². The van der Waals surface area contributed by atoms with Crippen molar-refractivity contribution in [3.63, 3.8) is 0 Å². The molecule has 26 heavy (non-hydrogen) atoms. The van der Waals surface area contributed by atoms with Gasteiger partial charge in [0.1, 0.15) is 5.01 Å². The van der Waals surface area contributed by atoms with Gasteiger partial charge in [0.05, 0.1) is 17.2 Å². The number of benzene rings is 2. The van der Waals surface area contributed by atoms with Gasteiger partial charge in [0.15, 0.2) is 0 Å². The first kappa shape index (κ1) is 17.8. The van der Waals surface area contributed by atoms with Crippen LogP contribution in [0.2, 0.25) is 0 Å². The summed E-state index contributed by atoms with van der Waals surface area (Å²) in [5.74, 6) is -0.273. The second-order valence-electron chi connectivity index (χ2n) is 5.83. The molecule has 0 aliphatic heterocycles. The summed E-state index contributed by atoms with van der Waals surface area (Å²) in [6, 6.07) is 13.6. The predicted molar refractivity (Wildman–Crippen MR) is 101 cm³/mol. The molecule has 0 atom stereocenters. The van der Waals surface area contributed by atoms with Crippen molar-refractivity contribution >= 4 is 22.9 Å². The van der Waals surface area contributed by atoms with Crippen LogP contribution in [0.25, 0.3) is 10.6 Å². The van der Waals surface area contributed by atoms with Gasteiger partial charge < -0.3 is 5.32 Å². The minimum atomic E-state index is -0.491. The Labute approximate surface area is 154 Å². The molecule has 1 N–H and O–H groups in total. The summed E-state index contributed by atoms with van der Waals surface area (Å²) in [5, 5.41) is 14.4. The van der Waals surface area contributed by atoms with Gasteiger partial charge >= 0.3 is 0 Å². The molecule has 0 unspecified atom stereocenters. The normalized spacial score (nSPS) is 10.5. The van der Waals surface area contributed by atoms with Crippen molar-refractivity contribution in [2.75, 3.05) is 0 Å². The number of hydrogen-bond donors (Lipinski definition) is 1. The average Bonchev–Trinajstić information content (AvgIpc) is 3.00. The maximum Gasteiger partial charge on any atom is 0.269 e. The quantitative estimate of drug-likeness (QED) is 0.539. The minimum absolute atomic E-state index is 0.0391. The Balaban J connectivity index is 1.71. The zero-order valence-corrected chi connectivity index (χ0v) is 15.2. The molecule has 132 valence electrons. The number of carbonyl (C=O) groups is 1. The Morgan fingerprint density at radius 1 is 1.15 bits per heavy atom. The SMILES string of the molecule is Cc1ccccc1-c1nc(C)c(CNC(=O)c2ccc([N+](=O)[O-])cc2)s1. The van der Waals surface area contributed by atoms with Crippen LogP contribution in [0.4, 0.5) is 5.69 Å². The maximum atomic E-state index is 12.2. The first-order valence-electron chi connectivity index (χ1n) is 8.00. The highest BCUT2D eigenvalue weighted by Crippen LogP contribution is 2.30. The summed E-state index contributed by atoms with van der Waals surface area (Å²) in [4.78, 5) is 28.0. The van der Waals surface area contributed by atoms with Gasteiger partial charge in [0.25, 0.3) is 11.6 Å². The second kappa shape index (κ2) is 7.45. The molecule has 0 bridgehead atoms. The molecular weight excluding hydrogens is 350 g/mol. The van der Waals surface area contributed by atoms with E-state index in [1.165, 1.54) is 24.3 Å². The fraction of sp³-hybridized carbons (Fsp3) is 0.158. The van der Waals surface area contributed by atoms with Gasteiger partial charge in [-0.05, 0) is 31.5 Å². The molecule has 0 radical (unpaired) electrons. The number of nitro benzene ring substituents is 1. The minimum Gasteiger partial charge on any atom is -0.347 e. The molecule has 1 aromatic heterocycles. The van der Waals surface area contributed by atoms with Crippen LogP contribution >= 0.6 is 11.3 Å². The number of amides is 1. The molecule has 3 rings (SSSR count). The number of nitrogens with zero attached hydrogens (tertiary/aromatic N) is 2. The lowest BCUT2D eigenvalue weighted by molar-refractivity contribution is -0.384. The molecule has 0 fully saturated rings. The van der Waals surface area contributed by atoms with E-state index in [0.29, 0.717) is 12.1 Å². The third-order valence-electron chi connectivity index (χ3n) is 4.02. The Kier molecular flexibility index (Phi) is 5.09. The van der Waals surface area contributed by atoms with Gasteiger partial charge in [-0.2, -0.15) is 0 Å². The van der Waals surface area contributed by atoms with Gasteiger partial charge in [-0.25, -0.2) is 4.98 Å². The summed E-state index contributed by atoms with van der Waals surface area (Å²) in [6.45, 7) is 4.33. The Bertz CT molecular complexity index is 964. The molecule has 2 aromatic carbocycles. The number of thiazole rings is 1. The average molecular weight is 367 g/mol. The lowest BCUT2D eigenvalue weighted by Crippen LogP contribution is -2.22. The van der Waals surface area contributed by atoms with Crippen molar-refractivity contribution in [3.8, 4) is 10.6 Å². The van der Waals surface area contributed by atoms with E-state index in [-0.39, 0.29) is 11.6 Å². The molecule has 7 heteroatoms. The van der Waals surface area contributed by atoms with E-state index in [0.717, 1.165) is 26.7 Å². The maximum absolute atomic E-state index is 12.2. The molecule has 3 aromatic rings. The Hall–Kier alpha value is -3.06. The fourth-order valence-electron chi connectivity index (χ4n) is 2.52. The molecule has 0 saturated carbocycles. The molecule has 0 saturated heterocycles. The van der Waals surface area contributed by atoms with Crippen molar-refractivity contribution in [3.05, 3.63) is 80.3 Å². The lowest BCUT2D eigenvalue weighted by Gasteiger charge is -2.04. The zero-order chi connectivity index (χ0) is 18.7.